The van der Waals surface area contributed by atoms with Crippen molar-refractivity contribution in [1.82, 2.24) is 4.98 Å². The van der Waals surface area contributed by atoms with E-state index in [2.05, 4.69) is 4.98 Å². The van der Waals surface area contributed by atoms with Gasteiger partial charge in [0.2, 0.25) is 5.60 Å². The average molecular weight is 960 g/mol. The normalized spacial score (nSPS) is 17.5. The highest BCUT2D eigenvalue weighted by Crippen LogP contribution is 2.41. The van der Waals surface area contributed by atoms with E-state index in [0.29, 0.717) is 37.0 Å². The van der Waals surface area contributed by atoms with Crippen molar-refractivity contribution in [2.24, 2.45) is 17.2 Å². The molecule has 18 nitrogen and oxygen atoms in total. The van der Waals surface area contributed by atoms with Crippen LogP contribution in [0.5, 0.6) is 0 Å². The lowest BCUT2D eigenvalue weighted by atomic mass is 9.94. The second kappa shape index (κ2) is 24.6. The van der Waals surface area contributed by atoms with Crippen LogP contribution in [0.15, 0.2) is 41.1 Å². The summed E-state index contributed by atoms with van der Waals surface area (Å²) < 4.78 is 125. The van der Waals surface area contributed by atoms with Crippen molar-refractivity contribution in [3.05, 3.63) is 42.4 Å². The highest BCUT2D eigenvalue weighted by atomic mass is 32.2. The van der Waals surface area contributed by atoms with Crippen LogP contribution in [0, 0.1) is 14.3 Å². The predicted octanol–water partition coefficient (Wildman–Crippen LogP) is 4.54. The Bertz CT molecular complexity index is 2080. The minimum atomic E-state index is -5.22. The maximum Gasteiger partial charge on any atom is 0.423 e. The molecule has 0 aliphatic carbocycles. The van der Waals surface area contributed by atoms with Crippen molar-refractivity contribution in [3.63, 3.8) is 0 Å². The summed E-state index contributed by atoms with van der Waals surface area (Å²) >= 11 is 0. The number of pyridine rings is 1. The van der Waals surface area contributed by atoms with Gasteiger partial charge in [0, 0.05) is 81.9 Å². The third-order valence-corrected chi connectivity index (χ3v) is 15.0. The maximum atomic E-state index is 14.0. The van der Waals surface area contributed by atoms with Crippen molar-refractivity contribution >= 4 is 47.1 Å². The molecule has 4 unspecified atom stereocenters. The van der Waals surface area contributed by atoms with Crippen LogP contribution in [-0.2, 0) is 63.4 Å². The number of nitrogens with zero attached hydrogens (tertiary/aromatic N) is 1. The fourth-order valence-corrected chi connectivity index (χ4v) is 10.2. The molecule has 0 aliphatic heterocycles. The summed E-state index contributed by atoms with van der Waals surface area (Å²) in [4.78, 5) is 40.4. The first kappa shape index (κ1) is 55.5. The van der Waals surface area contributed by atoms with Gasteiger partial charge in [0.25, 0.3) is 0 Å². The van der Waals surface area contributed by atoms with Crippen LogP contribution in [0.4, 0.5) is 13.2 Å². The molecule has 0 amide bonds. The third kappa shape index (κ3) is 20.8. The summed E-state index contributed by atoms with van der Waals surface area (Å²) in [6.45, 7) is 5.04. The number of nitrogens with two attached hydrogens (primary N) is 3. The molecule has 0 aromatic carbocycles. The number of aromatic nitrogens is 1. The summed E-state index contributed by atoms with van der Waals surface area (Å²) in [7, 11) is -9.82. The molecule has 2 rings (SSSR count). The van der Waals surface area contributed by atoms with E-state index in [1.54, 1.807) is 32.9 Å². The van der Waals surface area contributed by atoms with Crippen LogP contribution >= 0.6 is 0 Å². The molecule has 0 spiro atoms. The molecule has 10 N–H and O–H groups in total. The molecule has 63 heavy (non-hydrogen) atoms. The molecular formula is C39H64F3N7O11S3. The second-order valence-electron chi connectivity index (χ2n) is 16.4. The number of nitrogens with one attached hydrogen (secondary N) is 3. The number of hydrogen-bond donors (Lipinski definition) is 7. The van der Waals surface area contributed by atoms with Gasteiger partial charge >= 0.3 is 24.1 Å². The van der Waals surface area contributed by atoms with Gasteiger partial charge in [0.15, 0.2) is 0 Å². The van der Waals surface area contributed by atoms with Gasteiger partial charge in [-0.2, -0.15) is 13.2 Å². The molecule has 360 valence electrons. The van der Waals surface area contributed by atoms with Gasteiger partial charge in [-0.3, -0.25) is 33.7 Å². The molecule has 0 saturated carbocycles. The lowest BCUT2D eigenvalue weighted by Crippen LogP contribution is -2.44. The average Bonchev–Trinajstić information content (AvgIpc) is 3.74. The van der Waals surface area contributed by atoms with Crippen molar-refractivity contribution in [2.75, 3.05) is 47.7 Å². The summed E-state index contributed by atoms with van der Waals surface area (Å²) in [6.07, 6.45) is -1.55. The topological polar surface area (TPSA) is 326 Å². The van der Waals surface area contributed by atoms with Crippen LogP contribution in [0.3, 0.4) is 0 Å². The molecule has 0 bridgehead atoms. The van der Waals surface area contributed by atoms with E-state index >= 15 is 0 Å². The van der Waals surface area contributed by atoms with Gasteiger partial charge in [-0.15, -0.1) is 0 Å². The summed E-state index contributed by atoms with van der Waals surface area (Å²) in [5.74, 6) is -3.43. The van der Waals surface area contributed by atoms with E-state index < -0.39 is 106 Å². The Morgan fingerprint density at radius 1 is 0.714 bits per heavy atom. The molecule has 2 heterocycles. The largest absolute Gasteiger partial charge is 0.465 e. The van der Waals surface area contributed by atoms with Crippen molar-refractivity contribution in [3.8, 4) is 11.3 Å². The van der Waals surface area contributed by atoms with E-state index in [9.17, 15) is 45.3 Å². The third-order valence-electron chi connectivity index (χ3n) is 9.57. The quantitative estimate of drug-likeness (QED) is 0.0334. The fourth-order valence-electron chi connectivity index (χ4n) is 5.73. The Labute approximate surface area is 368 Å². The van der Waals surface area contributed by atoms with E-state index in [1.807, 2.05) is 0 Å². The highest BCUT2D eigenvalue weighted by Gasteiger charge is 2.56. The number of carbonyl (C=O) groups is 3. The number of rotatable bonds is 29. The zero-order chi connectivity index (χ0) is 47.7. The first-order valence-corrected chi connectivity index (χ1v) is 26.1. The lowest BCUT2D eigenvalue weighted by Gasteiger charge is -2.30. The van der Waals surface area contributed by atoms with Crippen LogP contribution < -0.4 is 17.2 Å². The Morgan fingerprint density at radius 3 is 1.62 bits per heavy atom. The Balaban J connectivity index is 1.62. The Kier molecular flexibility index (Phi) is 21.6. The van der Waals surface area contributed by atoms with Gasteiger partial charge in [0.1, 0.15) is 29.5 Å². The Hall–Kier alpha value is -3.68. The van der Waals surface area contributed by atoms with Gasteiger partial charge in [0.05, 0.1) is 25.2 Å². The minimum Gasteiger partial charge on any atom is -0.465 e. The van der Waals surface area contributed by atoms with Crippen LogP contribution in [-0.4, -0.2) is 118 Å². The first-order chi connectivity index (χ1) is 29.1. The zero-order valence-corrected chi connectivity index (χ0v) is 38.4. The molecule has 7 atom stereocenters. The van der Waals surface area contributed by atoms with E-state index in [-0.39, 0.29) is 68.3 Å². The number of hydrogen-bond acceptors (Lipinski definition) is 18. The number of furan rings is 1. The molecule has 24 heteroatoms. The number of alkyl halides is 3. The number of unbranched alkanes of at least 4 members (excludes halogenated alkanes) is 4. The number of aliphatic hydroxyl groups is 1. The van der Waals surface area contributed by atoms with Gasteiger partial charge < -0.3 is 40.9 Å². The molecule has 0 aliphatic rings. The SMILES string of the molecule is CC(C)(C)OC(=O)[C@@H](N)CCS(=N)(=O)CCCCCCOC(=O)[C@@H](N)CCS(=N)(=O)CCCCOC(=O)[C@@H](N)CCS(=N)(=O)CCC(O)(c1ccc(-c2ccco2)cn1)C(F)(F)F. The van der Waals surface area contributed by atoms with Crippen LogP contribution in [0.2, 0.25) is 0 Å². The summed E-state index contributed by atoms with van der Waals surface area (Å²) in [5.41, 5.74) is 12.9. The summed E-state index contributed by atoms with van der Waals surface area (Å²) in [6, 6.07) is 1.99. The lowest BCUT2D eigenvalue weighted by molar-refractivity contribution is -0.268. The first-order valence-electron chi connectivity index (χ1n) is 20.4. The predicted molar refractivity (Wildman–Crippen MR) is 232 cm³/mol. The molecular weight excluding hydrogens is 896 g/mol. The molecule has 0 saturated heterocycles. The standard InChI is InChI=1S/C39H64F3N7O11S3/c1-37(2,3)60-36(52)31(45)16-24-61(46,54)21-8-5-4-6-18-58-34(50)29(43)14-23-62(47,55)22-9-7-19-59-35(51)30(44)15-25-63(48,56)26-17-38(53,39(40,41)42)33-13-12-28(27-49-33)32-11-10-20-57-32/h10-13,20,27,29-31,46-48,53H,4-9,14-19,21-26,43-45H2,1-3H3/t29-,30-,31-,38?,61?,62?,63?/m0/s1. The van der Waals surface area contributed by atoms with Crippen molar-refractivity contribution in [1.29, 1.82) is 14.3 Å². The molecule has 0 fully saturated rings. The smallest absolute Gasteiger partial charge is 0.423 e. The Morgan fingerprint density at radius 2 is 1.17 bits per heavy atom. The van der Waals surface area contributed by atoms with Crippen LogP contribution in [0.1, 0.15) is 90.7 Å². The zero-order valence-electron chi connectivity index (χ0n) is 36.0. The summed E-state index contributed by atoms with van der Waals surface area (Å²) in [5, 5.41) is 10.7. The van der Waals surface area contributed by atoms with E-state index in [4.69, 9.17) is 50.2 Å². The maximum absolute atomic E-state index is 14.0. The number of esters is 3. The second-order valence-corrected chi connectivity index (χ2v) is 23.7. The van der Waals surface area contributed by atoms with Crippen molar-refractivity contribution < 1.29 is 63.9 Å². The van der Waals surface area contributed by atoms with Crippen molar-refractivity contribution in [2.45, 2.75) is 120 Å². The molecule has 2 aromatic rings. The number of carbonyl (C=O) groups excluding carboxylic acids is 3. The van der Waals surface area contributed by atoms with Gasteiger partial charge in [-0.25, -0.2) is 12.6 Å². The van der Waals surface area contributed by atoms with Gasteiger partial charge in [-0.05, 0) is 90.0 Å². The molecule has 0 radical (unpaired) electrons. The van der Waals surface area contributed by atoms with Crippen LogP contribution in [0.25, 0.3) is 11.3 Å². The van der Waals surface area contributed by atoms with E-state index in [1.165, 1.54) is 12.3 Å². The number of halogens is 3. The highest BCUT2D eigenvalue weighted by molar-refractivity contribution is 7.92. The fraction of sp³-hybridized carbons (Fsp3) is 0.692. The minimum absolute atomic E-state index is 0.0229. The molecule has 2 aromatic heterocycles. The number of ether oxygens (including phenoxy) is 3. The van der Waals surface area contributed by atoms with Gasteiger partial charge in [-0.1, -0.05) is 12.8 Å². The van der Waals surface area contributed by atoms with E-state index in [0.717, 1.165) is 12.3 Å². The monoisotopic (exact) mass is 959 g/mol.